The number of aromatic nitrogens is 4. The quantitative estimate of drug-likeness (QED) is 0.631. The summed E-state index contributed by atoms with van der Waals surface area (Å²) >= 11 is 1.49. The number of rotatable bonds is 6. The molecule has 0 unspecified atom stereocenters. The van der Waals surface area contributed by atoms with Gasteiger partial charge in [-0.05, 0) is 24.6 Å². The molecule has 0 radical (unpaired) electrons. The van der Waals surface area contributed by atoms with Crippen molar-refractivity contribution in [2.24, 2.45) is 5.92 Å². The minimum Gasteiger partial charge on any atom is -0.454 e. The number of carbonyl (C=O) groups excluding carboxylic acids is 1. The van der Waals surface area contributed by atoms with E-state index in [2.05, 4.69) is 20.3 Å². The molecule has 9 nitrogen and oxygen atoms in total. The van der Waals surface area contributed by atoms with Gasteiger partial charge in [0.1, 0.15) is 6.33 Å². The lowest BCUT2D eigenvalue weighted by molar-refractivity contribution is -0.124. The first kappa shape index (κ1) is 19.3. The van der Waals surface area contributed by atoms with Crippen molar-refractivity contribution in [2.75, 3.05) is 19.1 Å². The van der Waals surface area contributed by atoms with Crippen LogP contribution in [0.2, 0.25) is 0 Å². The Morgan fingerprint density at radius 1 is 1.31 bits per heavy atom. The fourth-order valence-corrected chi connectivity index (χ4v) is 3.95. The Bertz CT molecular complexity index is 1080. The highest BCUT2D eigenvalue weighted by molar-refractivity contribution is 7.99. The molecule has 3 heterocycles. The minimum atomic E-state index is -0.0716. The Morgan fingerprint density at radius 2 is 2.07 bits per heavy atom. The van der Waals surface area contributed by atoms with Gasteiger partial charge in [0.2, 0.25) is 12.7 Å². The van der Waals surface area contributed by atoms with Gasteiger partial charge >= 0.3 is 0 Å². The van der Waals surface area contributed by atoms with Crippen LogP contribution in [0, 0.1) is 12.8 Å². The number of carbonyl (C=O) groups is 1. The molecule has 1 aliphatic heterocycles. The van der Waals surface area contributed by atoms with Crippen molar-refractivity contribution in [1.29, 1.82) is 0 Å². The lowest BCUT2D eigenvalue weighted by Gasteiger charge is -2.12. The van der Waals surface area contributed by atoms with Crippen molar-refractivity contribution in [3.63, 3.8) is 0 Å². The second-order valence-electron chi connectivity index (χ2n) is 7.00. The molecule has 2 aromatic heterocycles. The average molecular weight is 414 g/mol. The molecule has 1 aromatic carbocycles. The van der Waals surface area contributed by atoms with E-state index in [4.69, 9.17) is 15.2 Å². The molecule has 10 heteroatoms. The molecule has 0 bridgehead atoms. The molecule has 0 fully saturated rings. The Hall–Kier alpha value is -3.01. The molecule has 3 N–H and O–H groups in total. The van der Waals surface area contributed by atoms with E-state index in [-0.39, 0.29) is 18.6 Å². The zero-order valence-electron chi connectivity index (χ0n) is 16.4. The molecule has 0 atom stereocenters. The van der Waals surface area contributed by atoms with Crippen LogP contribution in [-0.4, -0.2) is 38.8 Å². The molecule has 4 rings (SSSR count). The number of amides is 1. The van der Waals surface area contributed by atoms with Crippen molar-refractivity contribution in [1.82, 2.24) is 24.8 Å². The SMILES string of the molecule is Cc1cc2c(cc1Sc1nc3c(N)ncnc3n1CCNC(=O)C(C)C)OCO2. The third kappa shape index (κ3) is 3.80. The number of hydrogen-bond acceptors (Lipinski definition) is 8. The van der Waals surface area contributed by atoms with E-state index >= 15 is 0 Å². The van der Waals surface area contributed by atoms with Crippen LogP contribution in [0.25, 0.3) is 11.2 Å². The van der Waals surface area contributed by atoms with Gasteiger partial charge in [-0.2, -0.15) is 0 Å². The number of ether oxygens (including phenoxy) is 2. The summed E-state index contributed by atoms with van der Waals surface area (Å²) in [6.45, 7) is 6.92. The van der Waals surface area contributed by atoms with Crippen molar-refractivity contribution in [3.05, 3.63) is 24.0 Å². The molecule has 0 aliphatic carbocycles. The van der Waals surface area contributed by atoms with Crippen LogP contribution in [0.1, 0.15) is 19.4 Å². The van der Waals surface area contributed by atoms with E-state index < -0.39 is 0 Å². The smallest absolute Gasteiger partial charge is 0.231 e. The van der Waals surface area contributed by atoms with Crippen LogP contribution < -0.4 is 20.5 Å². The molecule has 1 amide bonds. The molecule has 1 aliphatic rings. The molecule has 152 valence electrons. The number of aryl methyl sites for hydroxylation is 1. The summed E-state index contributed by atoms with van der Waals surface area (Å²) < 4.78 is 12.9. The predicted octanol–water partition coefficient (Wildman–Crippen LogP) is 2.37. The number of anilines is 1. The Balaban J connectivity index is 1.66. The molecule has 0 saturated heterocycles. The highest BCUT2D eigenvalue weighted by atomic mass is 32.2. The van der Waals surface area contributed by atoms with E-state index in [1.165, 1.54) is 18.1 Å². The van der Waals surface area contributed by atoms with Crippen LogP contribution in [0.15, 0.2) is 28.5 Å². The van der Waals surface area contributed by atoms with Gasteiger partial charge in [0.05, 0.1) is 0 Å². The summed E-state index contributed by atoms with van der Waals surface area (Å²) in [5.74, 6) is 1.71. The maximum atomic E-state index is 11.9. The zero-order valence-corrected chi connectivity index (χ0v) is 17.2. The first-order valence-corrected chi connectivity index (χ1v) is 10.1. The summed E-state index contributed by atoms with van der Waals surface area (Å²) in [5, 5.41) is 3.64. The highest BCUT2D eigenvalue weighted by Crippen LogP contribution is 2.40. The fraction of sp³-hybridized carbons (Fsp3) is 0.368. The van der Waals surface area contributed by atoms with Gasteiger partial charge in [0.15, 0.2) is 33.6 Å². The Morgan fingerprint density at radius 3 is 2.83 bits per heavy atom. The third-order valence-electron chi connectivity index (χ3n) is 4.56. The second kappa shape index (κ2) is 7.78. The number of hydrogen-bond donors (Lipinski definition) is 2. The van der Waals surface area contributed by atoms with Crippen LogP contribution in [-0.2, 0) is 11.3 Å². The van der Waals surface area contributed by atoms with Crippen molar-refractivity contribution in [2.45, 2.75) is 37.4 Å². The predicted molar refractivity (Wildman–Crippen MR) is 109 cm³/mol. The number of benzene rings is 1. The van der Waals surface area contributed by atoms with Gasteiger partial charge in [0.25, 0.3) is 0 Å². The number of nitrogen functional groups attached to an aromatic ring is 1. The second-order valence-corrected chi connectivity index (χ2v) is 8.00. The Kier molecular flexibility index (Phi) is 5.18. The van der Waals surface area contributed by atoms with Gasteiger partial charge < -0.3 is 25.1 Å². The van der Waals surface area contributed by atoms with Crippen LogP contribution in [0.4, 0.5) is 5.82 Å². The summed E-state index contributed by atoms with van der Waals surface area (Å²) in [5.41, 5.74) is 8.24. The van der Waals surface area contributed by atoms with Crippen LogP contribution in [0.5, 0.6) is 11.5 Å². The topological polar surface area (TPSA) is 117 Å². The molecule has 3 aromatic rings. The molecular formula is C19H22N6O3S. The van der Waals surface area contributed by atoms with Gasteiger partial charge in [-0.25, -0.2) is 15.0 Å². The van der Waals surface area contributed by atoms with Gasteiger partial charge in [-0.15, -0.1) is 0 Å². The van der Waals surface area contributed by atoms with Crippen molar-refractivity contribution in [3.8, 4) is 11.5 Å². The number of nitrogens with two attached hydrogens (primary N) is 1. The van der Waals surface area contributed by atoms with E-state index in [9.17, 15) is 4.79 Å². The van der Waals surface area contributed by atoms with Crippen LogP contribution in [0.3, 0.4) is 0 Å². The van der Waals surface area contributed by atoms with E-state index in [1.807, 2.05) is 37.5 Å². The first-order chi connectivity index (χ1) is 13.9. The molecular weight excluding hydrogens is 392 g/mol. The maximum Gasteiger partial charge on any atom is 0.231 e. The molecule has 0 saturated carbocycles. The van der Waals surface area contributed by atoms with E-state index in [0.717, 1.165) is 16.2 Å². The van der Waals surface area contributed by atoms with Crippen molar-refractivity contribution < 1.29 is 14.3 Å². The Labute approximate surface area is 172 Å². The average Bonchev–Trinajstić information content (AvgIpc) is 3.27. The summed E-state index contributed by atoms with van der Waals surface area (Å²) in [6, 6.07) is 3.90. The highest BCUT2D eigenvalue weighted by Gasteiger charge is 2.20. The standard InChI is InChI=1S/C19H22N6O3S/c1-10(2)18(26)21-4-5-25-17-15(16(20)22-8-23-17)24-19(25)29-14-7-13-12(6-11(14)3)27-9-28-13/h6-8,10H,4-5,9H2,1-3H3,(H,21,26)(H2,20,22,23). The summed E-state index contributed by atoms with van der Waals surface area (Å²) in [4.78, 5) is 26.0. The summed E-state index contributed by atoms with van der Waals surface area (Å²) in [7, 11) is 0. The van der Waals surface area contributed by atoms with Gasteiger partial charge in [-0.1, -0.05) is 25.6 Å². The number of nitrogens with one attached hydrogen (secondary N) is 1. The lowest BCUT2D eigenvalue weighted by atomic mass is 10.2. The normalized spacial score (nSPS) is 12.7. The van der Waals surface area contributed by atoms with Crippen molar-refractivity contribution >= 4 is 34.7 Å². The minimum absolute atomic E-state index is 0.00405. The van der Waals surface area contributed by atoms with E-state index in [1.54, 1.807) is 0 Å². The zero-order chi connectivity index (χ0) is 20.5. The van der Waals surface area contributed by atoms with Gasteiger partial charge in [0, 0.05) is 23.9 Å². The lowest BCUT2D eigenvalue weighted by Crippen LogP contribution is -2.30. The maximum absolute atomic E-state index is 11.9. The third-order valence-corrected chi connectivity index (χ3v) is 5.71. The fourth-order valence-electron chi connectivity index (χ4n) is 2.94. The first-order valence-electron chi connectivity index (χ1n) is 9.26. The molecule has 0 spiro atoms. The van der Waals surface area contributed by atoms with E-state index in [0.29, 0.717) is 41.0 Å². The number of imidazole rings is 1. The number of fused-ring (bicyclic) bond motifs is 2. The monoisotopic (exact) mass is 414 g/mol. The largest absolute Gasteiger partial charge is 0.454 e. The number of nitrogens with zero attached hydrogens (tertiary/aromatic N) is 4. The van der Waals surface area contributed by atoms with Gasteiger partial charge in [-0.3, -0.25) is 4.79 Å². The van der Waals surface area contributed by atoms with Crippen LogP contribution >= 0.6 is 11.8 Å². The summed E-state index contributed by atoms with van der Waals surface area (Å²) in [6.07, 6.45) is 1.42. The molecule has 29 heavy (non-hydrogen) atoms.